The quantitative estimate of drug-likeness (QED) is 0.728. The molecule has 0 radical (unpaired) electrons. The normalized spacial score (nSPS) is 27.4. The van der Waals surface area contributed by atoms with Crippen molar-refractivity contribution in [1.29, 1.82) is 0 Å². The molecule has 4 atom stereocenters. The number of hydrogen-bond acceptors (Lipinski definition) is 6. The fourth-order valence-corrected chi connectivity index (χ4v) is 3.09. The van der Waals surface area contributed by atoms with Gasteiger partial charge in [0.25, 0.3) is 0 Å². The molecule has 8 nitrogen and oxygen atoms in total. The van der Waals surface area contributed by atoms with Gasteiger partial charge in [0.15, 0.2) is 0 Å². The molecule has 0 aromatic heterocycles. The Labute approximate surface area is 135 Å². The number of rotatable bonds is 4. The first-order valence-electron chi connectivity index (χ1n) is 7.50. The first-order valence-corrected chi connectivity index (χ1v) is 7.50. The fourth-order valence-electron chi connectivity index (χ4n) is 3.09. The van der Waals surface area contributed by atoms with Crippen LogP contribution in [-0.2, 0) is 19.1 Å². The highest BCUT2D eigenvalue weighted by Gasteiger charge is 2.53. The van der Waals surface area contributed by atoms with E-state index in [1.807, 2.05) is 0 Å². The van der Waals surface area contributed by atoms with Crippen LogP contribution in [0.5, 0.6) is 0 Å². The Kier molecular flexibility index (Phi) is 5.98. The van der Waals surface area contributed by atoms with Crippen molar-refractivity contribution in [3.8, 4) is 0 Å². The second-order valence-corrected chi connectivity index (χ2v) is 6.81. The molecule has 0 heterocycles. The Morgan fingerprint density at radius 3 is 2.26 bits per heavy atom. The first kappa shape index (κ1) is 19.2. The van der Waals surface area contributed by atoms with Crippen LogP contribution >= 0.6 is 0 Å². The lowest BCUT2D eigenvalue weighted by Crippen LogP contribution is -2.49. The summed E-state index contributed by atoms with van der Waals surface area (Å²) in [4.78, 5) is 37.2. The second-order valence-electron chi connectivity index (χ2n) is 6.81. The van der Waals surface area contributed by atoms with E-state index in [1.54, 1.807) is 20.8 Å². The van der Waals surface area contributed by atoms with E-state index in [4.69, 9.17) is 15.2 Å². The third kappa shape index (κ3) is 4.34. The number of carboxylic acids is 1. The van der Waals surface area contributed by atoms with Crippen LogP contribution in [0.4, 0.5) is 4.79 Å². The minimum absolute atomic E-state index is 0.162. The van der Waals surface area contributed by atoms with Gasteiger partial charge in [-0.25, -0.2) is 4.79 Å². The molecule has 0 aliphatic heterocycles. The Morgan fingerprint density at radius 2 is 1.87 bits per heavy atom. The van der Waals surface area contributed by atoms with E-state index >= 15 is 0 Å². The van der Waals surface area contributed by atoms with Gasteiger partial charge in [0.05, 0.1) is 25.0 Å². The van der Waals surface area contributed by atoms with Crippen molar-refractivity contribution in [3.63, 3.8) is 0 Å². The maximum Gasteiger partial charge on any atom is 0.410 e. The van der Waals surface area contributed by atoms with Gasteiger partial charge < -0.3 is 25.2 Å². The van der Waals surface area contributed by atoms with Crippen molar-refractivity contribution in [2.24, 2.45) is 23.5 Å². The molecule has 23 heavy (non-hydrogen) atoms. The van der Waals surface area contributed by atoms with Gasteiger partial charge in [-0.3, -0.25) is 9.59 Å². The van der Waals surface area contributed by atoms with Crippen LogP contribution in [0.15, 0.2) is 0 Å². The third-order valence-corrected chi connectivity index (χ3v) is 4.06. The highest BCUT2D eigenvalue weighted by molar-refractivity contribution is 5.83. The summed E-state index contributed by atoms with van der Waals surface area (Å²) in [5.74, 6) is -3.99. The van der Waals surface area contributed by atoms with E-state index in [9.17, 15) is 19.5 Å². The zero-order chi connectivity index (χ0) is 17.9. The van der Waals surface area contributed by atoms with E-state index in [-0.39, 0.29) is 18.9 Å². The lowest BCUT2D eigenvalue weighted by molar-refractivity contribution is -0.156. The van der Waals surface area contributed by atoms with Gasteiger partial charge in [-0.2, -0.15) is 0 Å². The van der Waals surface area contributed by atoms with Crippen LogP contribution in [0.3, 0.4) is 0 Å². The third-order valence-electron chi connectivity index (χ3n) is 4.06. The predicted molar refractivity (Wildman–Crippen MR) is 81.6 cm³/mol. The molecule has 0 bridgehead atoms. The van der Waals surface area contributed by atoms with E-state index in [1.165, 1.54) is 19.1 Å². The zero-order valence-corrected chi connectivity index (χ0v) is 14.2. The van der Waals surface area contributed by atoms with Crippen LogP contribution in [0.1, 0.15) is 27.2 Å². The van der Waals surface area contributed by atoms with Crippen LogP contribution in [0.25, 0.3) is 0 Å². The van der Waals surface area contributed by atoms with Crippen LogP contribution in [-0.4, -0.2) is 60.4 Å². The van der Waals surface area contributed by atoms with Gasteiger partial charge in [0, 0.05) is 7.05 Å². The Morgan fingerprint density at radius 1 is 1.30 bits per heavy atom. The number of nitrogens with two attached hydrogens (primary N) is 1. The van der Waals surface area contributed by atoms with Gasteiger partial charge in [-0.1, -0.05) is 0 Å². The average molecular weight is 330 g/mol. The van der Waals surface area contributed by atoms with Gasteiger partial charge in [-0.15, -0.1) is 0 Å². The molecule has 0 aromatic carbocycles. The number of nitrogens with zero attached hydrogens (tertiary/aromatic N) is 1. The number of methoxy groups -OCH3 is 1. The molecule has 1 rings (SSSR count). The predicted octanol–water partition coefficient (Wildman–Crippen LogP) is 0.691. The Bertz CT molecular complexity index is 473. The standard InChI is InChI=1S/C15H26N2O6/c1-15(2,3)23-14(21)17(4)11-8(7-16)6-9(12(18)19)10(11)13(20)22-5/h8-11H,6-7,16H2,1-5H3,(H,18,19)/t8-,9?,10+,11+/m1/s1. The number of ether oxygens (including phenoxy) is 2. The van der Waals surface area contributed by atoms with Crippen molar-refractivity contribution >= 4 is 18.0 Å². The summed E-state index contributed by atoms with van der Waals surface area (Å²) in [5.41, 5.74) is 5.03. The van der Waals surface area contributed by atoms with Gasteiger partial charge >= 0.3 is 18.0 Å². The number of carbonyl (C=O) groups excluding carboxylic acids is 2. The summed E-state index contributed by atoms with van der Waals surface area (Å²) in [6, 6.07) is -0.677. The van der Waals surface area contributed by atoms with Crippen molar-refractivity contribution in [2.75, 3.05) is 20.7 Å². The lowest BCUT2D eigenvalue weighted by Gasteiger charge is -2.34. The molecule has 1 aliphatic carbocycles. The molecule has 1 amide bonds. The molecular formula is C15H26N2O6. The summed E-state index contributed by atoms with van der Waals surface area (Å²) in [7, 11) is 2.68. The molecule has 1 saturated carbocycles. The molecule has 1 unspecified atom stereocenters. The van der Waals surface area contributed by atoms with Crippen LogP contribution in [0.2, 0.25) is 0 Å². The van der Waals surface area contributed by atoms with Crippen molar-refractivity contribution < 1.29 is 29.0 Å². The monoisotopic (exact) mass is 330 g/mol. The lowest BCUT2D eigenvalue weighted by atomic mass is 9.92. The van der Waals surface area contributed by atoms with Crippen LogP contribution < -0.4 is 5.73 Å². The molecule has 0 aromatic rings. The smallest absolute Gasteiger partial charge is 0.410 e. The number of esters is 1. The van der Waals surface area contributed by atoms with E-state index < -0.39 is 41.5 Å². The first-order chi connectivity index (χ1) is 10.5. The van der Waals surface area contributed by atoms with Crippen molar-refractivity contribution in [1.82, 2.24) is 4.90 Å². The maximum atomic E-state index is 12.3. The van der Waals surface area contributed by atoms with Crippen LogP contribution in [0, 0.1) is 17.8 Å². The fraction of sp³-hybridized carbons (Fsp3) is 0.800. The zero-order valence-electron chi connectivity index (χ0n) is 14.2. The van der Waals surface area contributed by atoms with E-state index in [2.05, 4.69) is 0 Å². The van der Waals surface area contributed by atoms with Gasteiger partial charge in [0.1, 0.15) is 5.60 Å². The maximum absolute atomic E-state index is 12.3. The Hall–Kier alpha value is -1.83. The SMILES string of the molecule is COC(=O)[C@H]1C(C(=O)O)C[C@H](CN)[C@@H]1N(C)C(=O)OC(C)(C)C. The molecule has 0 saturated heterocycles. The summed E-state index contributed by atoms with van der Waals surface area (Å²) in [5, 5.41) is 9.38. The molecule has 1 aliphatic rings. The average Bonchev–Trinajstić information content (AvgIpc) is 2.83. The Balaban J connectivity index is 3.13. The summed E-state index contributed by atoms with van der Waals surface area (Å²) >= 11 is 0. The van der Waals surface area contributed by atoms with E-state index in [0.29, 0.717) is 0 Å². The molecule has 0 spiro atoms. The molecule has 3 N–H and O–H groups in total. The summed E-state index contributed by atoms with van der Waals surface area (Å²) in [6.07, 6.45) is -0.412. The molecule has 132 valence electrons. The molecular weight excluding hydrogens is 304 g/mol. The van der Waals surface area contributed by atoms with Gasteiger partial charge in [-0.05, 0) is 39.7 Å². The van der Waals surface area contributed by atoms with Crippen molar-refractivity contribution in [3.05, 3.63) is 0 Å². The minimum atomic E-state index is -1.10. The summed E-state index contributed by atoms with van der Waals surface area (Å²) < 4.78 is 10.1. The highest BCUT2D eigenvalue weighted by atomic mass is 16.6. The minimum Gasteiger partial charge on any atom is -0.481 e. The summed E-state index contributed by atoms with van der Waals surface area (Å²) in [6.45, 7) is 5.35. The second kappa shape index (κ2) is 7.16. The van der Waals surface area contributed by atoms with E-state index in [0.717, 1.165) is 0 Å². The van der Waals surface area contributed by atoms with Crippen molar-refractivity contribution in [2.45, 2.75) is 38.8 Å². The number of aliphatic carboxylic acids is 1. The molecule has 8 heteroatoms. The van der Waals surface area contributed by atoms with Gasteiger partial charge in [0.2, 0.25) is 0 Å². The number of carboxylic acid groups (broad SMARTS) is 1. The molecule has 1 fully saturated rings. The highest BCUT2D eigenvalue weighted by Crippen LogP contribution is 2.40. The largest absolute Gasteiger partial charge is 0.481 e. The topological polar surface area (TPSA) is 119 Å². The number of hydrogen-bond donors (Lipinski definition) is 2. The number of amides is 1. The number of carbonyl (C=O) groups is 3.